The van der Waals surface area contributed by atoms with Gasteiger partial charge in [0.15, 0.2) is 0 Å². The summed E-state index contributed by atoms with van der Waals surface area (Å²) in [6, 6.07) is 5.73. The van der Waals surface area contributed by atoms with Gasteiger partial charge in [-0.15, -0.1) is 0 Å². The van der Waals surface area contributed by atoms with E-state index >= 15 is 0 Å². The lowest BCUT2D eigenvalue weighted by Gasteiger charge is -2.23. The molecule has 1 aromatic carbocycles. The molecular formula is C15H23N3O2. The summed E-state index contributed by atoms with van der Waals surface area (Å²) in [5, 5.41) is 0. The number of anilines is 2. The summed E-state index contributed by atoms with van der Waals surface area (Å²) in [6.07, 6.45) is 0.842. The van der Waals surface area contributed by atoms with Crippen LogP contribution in [-0.4, -0.2) is 25.1 Å². The van der Waals surface area contributed by atoms with Gasteiger partial charge in [0, 0.05) is 24.8 Å². The highest BCUT2D eigenvalue weighted by atomic mass is 16.5. The molecule has 110 valence electrons. The highest BCUT2D eigenvalue weighted by molar-refractivity contribution is 5.82. The van der Waals surface area contributed by atoms with Gasteiger partial charge >= 0.3 is 0 Å². The molecule has 4 N–H and O–H groups in total. The maximum absolute atomic E-state index is 11.5. The predicted molar refractivity (Wildman–Crippen MR) is 80.7 cm³/mol. The Morgan fingerprint density at radius 2 is 2.15 bits per heavy atom. The third-order valence-electron chi connectivity index (χ3n) is 3.79. The van der Waals surface area contributed by atoms with Crippen LogP contribution in [0.1, 0.15) is 27.2 Å². The van der Waals surface area contributed by atoms with E-state index < -0.39 is 5.41 Å². The minimum atomic E-state index is -0.458. The first-order valence-electron chi connectivity index (χ1n) is 6.93. The van der Waals surface area contributed by atoms with Gasteiger partial charge in [-0.3, -0.25) is 4.79 Å². The highest BCUT2D eigenvalue weighted by Gasteiger charge is 2.39. The number of nitrogens with zero attached hydrogens (tertiary/aromatic N) is 1. The number of benzene rings is 1. The Morgan fingerprint density at radius 1 is 1.45 bits per heavy atom. The number of hydrogen-bond donors (Lipinski definition) is 2. The van der Waals surface area contributed by atoms with Gasteiger partial charge in [0.2, 0.25) is 5.91 Å². The second-order valence-electron chi connectivity index (χ2n) is 5.99. The normalized spacial score (nSPS) is 22.3. The standard InChI is InChI=1S/C15H23N3O2/c1-10(2)20-13-8-11(4-5-12(13)16)18-7-6-15(3,9-18)14(17)19/h4-5,8,10H,6-7,9,16H2,1-3H3,(H2,17,19). The molecule has 1 saturated heterocycles. The van der Waals surface area contributed by atoms with Crippen molar-refractivity contribution in [3.63, 3.8) is 0 Å². The fourth-order valence-electron chi connectivity index (χ4n) is 2.46. The topological polar surface area (TPSA) is 81.6 Å². The highest BCUT2D eigenvalue weighted by Crippen LogP contribution is 2.35. The van der Waals surface area contributed by atoms with Crippen molar-refractivity contribution < 1.29 is 9.53 Å². The van der Waals surface area contributed by atoms with Gasteiger partial charge in [-0.1, -0.05) is 0 Å². The molecule has 1 fully saturated rings. The van der Waals surface area contributed by atoms with Crippen molar-refractivity contribution in [2.45, 2.75) is 33.3 Å². The first-order chi connectivity index (χ1) is 9.32. The third-order valence-corrected chi connectivity index (χ3v) is 3.79. The van der Waals surface area contributed by atoms with Gasteiger partial charge in [0.1, 0.15) is 5.75 Å². The van der Waals surface area contributed by atoms with Gasteiger partial charge < -0.3 is 21.1 Å². The number of nitrogens with two attached hydrogens (primary N) is 2. The van der Waals surface area contributed by atoms with E-state index in [1.54, 1.807) is 0 Å². The number of amides is 1. The molecule has 5 heteroatoms. The van der Waals surface area contributed by atoms with Gasteiger partial charge in [0.05, 0.1) is 17.2 Å². The molecule has 0 bridgehead atoms. The summed E-state index contributed by atoms with van der Waals surface area (Å²) in [4.78, 5) is 13.7. The van der Waals surface area contributed by atoms with E-state index in [1.165, 1.54) is 0 Å². The fourth-order valence-corrected chi connectivity index (χ4v) is 2.46. The number of hydrogen-bond acceptors (Lipinski definition) is 4. The van der Waals surface area contributed by atoms with Crippen molar-refractivity contribution in [3.05, 3.63) is 18.2 Å². The van der Waals surface area contributed by atoms with Crippen LogP contribution in [0.2, 0.25) is 0 Å². The second kappa shape index (κ2) is 5.23. The van der Waals surface area contributed by atoms with Crippen LogP contribution in [0.3, 0.4) is 0 Å². The summed E-state index contributed by atoms with van der Waals surface area (Å²) < 4.78 is 5.70. The fraction of sp³-hybridized carbons (Fsp3) is 0.533. The monoisotopic (exact) mass is 277 g/mol. The molecule has 1 amide bonds. The molecule has 1 aliphatic rings. The van der Waals surface area contributed by atoms with Crippen molar-refractivity contribution in [3.8, 4) is 5.75 Å². The zero-order chi connectivity index (χ0) is 14.9. The quantitative estimate of drug-likeness (QED) is 0.822. The van der Waals surface area contributed by atoms with Crippen molar-refractivity contribution >= 4 is 17.3 Å². The number of carbonyl (C=O) groups excluding carboxylic acids is 1. The zero-order valence-corrected chi connectivity index (χ0v) is 12.3. The van der Waals surface area contributed by atoms with Crippen LogP contribution < -0.4 is 21.1 Å². The minimum absolute atomic E-state index is 0.0713. The predicted octanol–water partition coefficient (Wildman–Crippen LogP) is 1.76. The Balaban J connectivity index is 2.20. The molecule has 1 aliphatic heterocycles. The van der Waals surface area contributed by atoms with E-state index in [-0.39, 0.29) is 12.0 Å². The van der Waals surface area contributed by atoms with Gasteiger partial charge in [0.25, 0.3) is 0 Å². The molecule has 0 radical (unpaired) electrons. The van der Waals surface area contributed by atoms with Crippen LogP contribution in [-0.2, 0) is 4.79 Å². The summed E-state index contributed by atoms with van der Waals surface area (Å²) in [5.74, 6) is 0.444. The molecule has 1 atom stereocenters. The van der Waals surface area contributed by atoms with Crippen molar-refractivity contribution in [2.75, 3.05) is 23.7 Å². The largest absolute Gasteiger partial charge is 0.489 e. The Morgan fingerprint density at radius 3 is 2.70 bits per heavy atom. The third kappa shape index (κ3) is 2.81. The van der Waals surface area contributed by atoms with Crippen molar-refractivity contribution in [1.82, 2.24) is 0 Å². The van der Waals surface area contributed by atoms with Crippen LogP contribution >= 0.6 is 0 Å². The van der Waals surface area contributed by atoms with Gasteiger partial charge in [-0.2, -0.15) is 0 Å². The summed E-state index contributed by atoms with van der Waals surface area (Å²) >= 11 is 0. The van der Waals surface area contributed by atoms with Crippen LogP contribution in [0.15, 0.2) is 18.2 Å². The molecule has 20 heavy (non-hydrogen) atoms. The number of carbonyl (C=O) groups is 1. The molecule has 0 spiro atoms. The Labute approximate surface area is 119 Å². The molecule has 2 rings (SSSR count). The Bertz CT molecular complexity index is 516. The molecular weight excluding hydrogens is 254 g/mol. The molecule has 0 saturated carbocycles. The smallest absolute Gasteiger partial charge is 0.225 e. The summed E-state index contributed by atoms with van der Waals surface area (Å²) in [7, 11) is 0. The summed E-state index contributed by atoms with van der Waals surface area (Å²) in [6.45, 7) is 7.29. The maximum atomic E-state index is 11.5. The van der Waals surface area contributed by atoms with Crippen molar-refractivity contribution in [1.29, 1.82) is 0 Å². The van der Waals surface area contributed by atoms with Crippen molar-refractivity contribution in [2.24, 2.45) is 11.1 Å². The lowest BCUT2D eigenvalue weighted by Crippen LogP contribution is -2.37. The number of ether oxygens (including phenoxy) is 1. The molecule has 5 nitrogen and oxygen atoms in total. The number of nitrogen functional groups attached to an aromatic ring is 1. The van der Waals surface area contributed by atoms with E-state index in [4.69, 9.17) is 16.2 Å². The van der Waals surface area contributed by atoms with E-state index in [9.17, 15) is 4.79 Å². The Hall–Kier alpha value is -1.91. The van der Waals surface area contributed by atoms with Crippen LogP contribution in [0.4, 0.5) is 11.4 Å². The molecule has 1 heterocycles. The Kier molecular flexibility index (Phi) is 3.79. The summed E-state index contributed by atoms with van der Waals surface area (Å²) in [5.41, 5.74) is 12.6. The number of rotatable bonds is 4. The van der Waals surface area contributed by atoms with Crippen LogP contribution in [0.25, 0.3) is 0 Å². The van der Waals surface area contributed by atoms with E-state index in [0.717, 1.165) is 18.7 Å². The molecule has 1 unspecified atom stereocenters. The second-order valence-corrected chi connectivity index (χ2v) is 5.99. The lowest BCUT2D eigenvalue weighted by atomic mass is 9.89. The van der Waals surface area contributed by atoms with Crippen LogP contribution in [0, 0.1) is 5.41 Å². The van der Waals surface area contributed by atoms with E-state index in [1.807, 2.05) is 39.0 Å². The van der Waals surface area contributed by atoms with Gasteiger partial charge in [-0.05, 0) is 39.3 Å². The lowest BCUT2D eigenvalue weighted by molar-refractivity contribution is -0.125. The average molecular weight is 277 g/mol. The minimum Gasteiger partial charge on any atom is -0.489 e. The first kappa shape index (κ1) is 14.5. The molecule has 1 aromatic rings. The first-order valence-corrected chi connectivity index (χ1v) is 6.93. The number of primary amides is 1. The van der Waals surface area contributed by atoms with E-state index in [0.29, 0.717) is 18.0 Å². The van der Waals surface area contributed by atoms with E-state index in [2.05, 4.69) is 4.90 Å². The SMILES string of the molecule is CC(C)Oc1cc(N2CCC(C)(C(N)=O)C2)ccc1N. The average Bonchev–Trinajstić information content (AvgIpc) is 2.76. The zero-order valence-electron chi connectivity index (χ0n) is 12.3. The van der Waals surface area contributed by atoms with Crippen LogP contribution in [0.5, 0.6) is 5.75 Å². The maximum Gasteiger partial charge on any atom is 0.225 e. The molecule has 0 aromatic heterocycles. The molecule has 0 aliphatic carbocycles. The van der Waals surface area contributed by atoms with Gasteiger partial charge in [-0.25, -0.2) is 0 Å².